The first-order chi connectivity index (χ1) is 9.20. The molecule has 1 aromatic carbocycles. The first kappa shape index (κ1) is 14.2. The molecule has 1 heterocycles. The van der Waals surface area contributed by atoms with E-state index >= 15 is 0 Å². The van der Waals surface area contributed by atoms with Crippen LogP contribution in [-0.2, 0) is 11.3 Å². The molecule has 0 radical (unpaired) electrons. The van der Waals surface area contributed by atoms with Gasteiger partial charge in [-0.25, -0.2) is 9.37 Å². The summed E-state index contributed by atoms with van der Waals surface area (Å²) in [4.78, 5) is 4.31. The van der Waals surface area contributed by atoms with Crippen molar-refractivity contribution in [2.24, 2.45) is 0 Å². The summed E-state index contributed by atoms with van der Waals surface area (Å²) in [6.07, 6.45) is 1.56. The number of rotatable bonds is 6. The summed E-state index contributed by atoms with van der Waals surface area (Å²) in [7, 11) is 1.65. The number of hydrogen-bond donors (Lipinski definition) is 1. The van der Waals surface area contributed by atoms with Crippen LogP contribution in [0, 0.1) is 5.82 Å². The summed E-state index contributed by atoms with van der Waals surface area (Å²) in [6.45, 7) is 1.96. The van der Waals surface area contributed by atoms with E-state index in [1.807, 2.05) is 0 Å². The Kier molecular flexibility index (Phi) is 5.07. The van der Waals surface area contributed by atoms with E-state index in [2.05, 4.69) is 26.2 Å². The average molecular weight is 329 g/mol. The van der Waals surface area contributed by atoms with Gasteiger partial charge in [-0.15, -0.1) is 0 Å². The molecule has 0 bridgehead atoms. The van der Waals surface area contributed by atoms with Crippen LogP contribution in [0.15, 0.2) is 33.4 Å². The Balaban J connectivity index is 2.06. The lowest BCUT2D eigenvalue weighted by atomic mass is 10.2. The van der Waals surface area contributed by atoms with E-state index in [0.29, 0.717) is 24.6 Å². The number of nitrogens with one attached hydrogen (secondary N) is 1. The predicted molar refractivity (Wildman–Crippen MR) is 73.2 cm³/mol. The molecule has 2 aromatic rings. The van der Waals surface area contributed by atoms with Gasteiger partial charge in [0.1, 0.15) is 12.1 Å². The maximum Gasteiger partial charge on any atom is 0.227 e. The standard InChI is InChI=1S/C13H14BrFN2O2/c1-18-5-4-16-7-10-8-19-13(17-10)11-6-9(15)2-3-12(11)14/h2-3,6,8,16H,4-5,7H2,1H3. The second-order valence-corrected chi connectivity index (χ2v) is 4.79. The Labute approximate surface area is 119 Å². The summed E-state index contributed by atoms with van der Waals surface area (Å²) in [5.41, 5.74) is 1.37. The molecule has 0 amide bonds. The van der Waals surface area contributed by atoms with E-state index in [0.717, 1.165) is 16.7 Å². The first-order valence-corrected chi connectivity index (χ1v) is 6.59. The number of halogens is 2. The van der Waals surface area contributed by atoms with Crippen molar-refractivity contribution in [3.63, 3.8) is 0 Å². The number of ether oxygens (including phenoxy) is 1. The number of hydrogen-bond acceptors (Lipinski definition) is 4. The smallest absolute Gasteiger partial charge is 0.227 e. The van der Waals surface area contributed by atoms with Gasteiger partial charge in [0.05, 0.1) is 17.9 Å². The predicted octanol–water partition coefficient (Wildman–Crippen LogP) is 2.98. The van der Waals surface area contributed by atoms with Gasteiger partial charge >= 0.3 is 0 Å². The van der Waals surface area contributed by atoms with Gasteiger partial charge in [-0.05, 0) is 34.1 Å². The quantitative estimate of drug-likeness (QED) is 0.828. The number of benzene rings is 1. The van der Waals surface area contributed by atoms with E-state index < -0.39 is 0 Å². The normalized spacial score (nSPS) is 10.9. The first-order valence-electron chi connectivity index (χ1n) is 5.80. The van der Waals surface area contributed by atoms with Crippen molar-refractivity contribution >= 4 is 15.9 Å². The SMILES string of the molecule is COCCNCc1coc(-c2cc(F)ccc2Br)n1. The Morgan fingerprint density at radius 1 is 1.47 bits per heavy atom. The van der Waals surface area contributed by atoms with Crippen LogP contribution in [0.3, 0.4) is 0 Å². The van der Waals surface area contributed by atoms with Crippen molar-refractivity contribution in [2.45, 2.75) is 6.54 Å². The zero-order chi connectivity index (χ0) is 13.7. The van der Waals surface area contributed by atoms with Crippen molar-refractivity contribution in [3.05, 3.63) is 40.4 Å². The summed E-state index contributed by atoms with van der Waals surface area (Å²) in [6, 6.07) is 4.40. The van der Waals surface area contributed by atoms with Crippen molar-refractivity contribution in [2.75, 3.05) is 20.3 Å². The lowest BCUT2D eigenvalue weighted by Gasteiger charge is -2.00. The third kappa shape index (κ3) is 3.86. The Morgan fingerprint density at radius 3 is 3.11 bits per heavy atom. The van der Waals surface area contributed by atoms with Gasteiger partial charge in [-0.1, -0.05) is 0 Å². The molecule has 0 saturated heterocycles. The molecule has 4 nitrogen and oxygen atoms in total. The molecular formula is C13H14BrFN2O2. The van der Waals surface area contributed by atoms with Gasteiger partial charge in [-0.2, -0.15) is 0 Å². The maximum absolute atomic E-state index is 13.2. The summed E-state index contributed by atoms with van der Waals surface area (Å²) in [5, 5.41) is 3.16. The van der Waals surface area contributed by atoms with Crippen molar-refractivity contribution in [1.29, 1.82) is 0 Å². The van der Waals surface area contributed by atoms with Gasteiger partial charge < -0.3 is 14.5 Å². The van der Waals surface area contributed by atoms with Crippen LogP contribution in [0.2, 0.25) is 0 Å². The lowest BCUT2D eigenvalue weighted by molar-refractivity contribution is 0.199. The third-order valence-corrected chi connectivity index (χ3v) is 3.19. The molecule has 0 aliphatic carbocycles. The van der Waals surface area contributed by atoms with Crippen molar-refractivity contribution in [3.8, 4) is 11.5 Å². The fourth-order valence-electron chi connectivity index (χ4n) is 1.56. The molecule has 0 saturated carbocycles. The van der Waals surface area contributed by atoms with Gasteiger partial charge in [0.25, 0.3) is 0 Å². The molecule has 0 aliphatic rings. The molecule has 1 N–H and O–H groups in total. The minimum absolute atomic E-state index is 0.323. The molecule has 6 heteroatoms. The molecule has 0 fully saturated rings. The molecule has 102 valence electrons. The number of nitrogens with zero attached hydrogens (tertiary/aromatic N) is 1. The fourth-order valence-corrected chi connectivity index (χ4v) is 1.98. The molecule has 0 atom stereocenters. The maximum atomic E-state index is 13.2. The van der Waals surface area contributed by atoms with Crippen LogP contribution in [0.4, 0.5) is 4.39 Å². The second-order valence-electron chi connectivity index (χ2n) is 3.94. The van der Waals surface area contributed by atoms with E-state index in [9.17, 15) is 4.39 Å². The van der Waals surface area contributed by atoms with Crippen LogP contribution < -0.4 is 5.32 Å². The number of oxazole rings is 1. The zero-order valence-corrected chi connectivity index (χ0v) is 12.0. The molecule has 0 spiro atoms. The van der Waals surface area contributed by atoms with Crippen LogP contribution in [0.25, 0.3) is 11.5 Å². The summed E-state index contributed by atoms with van der Waals surface area (Å²) in [5.74, 6) is 0.0751. The fraction of sp³-hybridized carbons (Fsp3) is 0.308. The highest BCUT2D eigenvalue weighted by atomic mass is 79.9. The van der Waals surface area contributed by atoms with Crippen molar-refractivity contribution < 1.29 is 13.5 Å². The van der Waals surface area contributed by atoms with E-state index in [1.54, 1.807) is 19.4 Å². The van der Waals surface area contributed by atoms with Crippen molar-refractivity contribution in [1.82, 2.24) is 10.3 Å². The third-order valence-electron chi connectivity index (χ3n) is 2.50. The van der Waals surface area contributed by atoms with Gasteiger partial charge in [0.2, 0.25) is 5.89 Å². The van der Waals surface area contributed by atoms with Gasteiger partial charge in [0.15, 0.2) is 0 Å². The van der Waals surface area contributed by atoms with Gasteiger partial charge in [0, 0.05) is 24.7 Å². The Bertz CT molecular complexity index is 545. The molecule has 0 unspecified atom stereocenters. The molecule has 2 rings (SSSR count). The number of methoxy groups -OCH3 is 1. The average Bonchev–Trinajstić information content (AvgIpc) is 2.86. The van der Waals surface area contributed by atoms with Crippen LogP contribution >= 0.6 is 15.9 Å². The molecular weight excluding hydrogens is 315 g/mol. The lowest BCUT2D eigenvalue weighted by Crippen LogP contribution is -2.18. The van der Waals surface area contributed by atoms with E-state index in [-0.39, 0.29) is 5.82 Å². The van der Waals surface area contributed by atoms with E-state index in [4.69, 9.17) is 9.15 Å². The Hall–Kier alpha value is -1.24. The minimum atomic E-state index is -0.323. The monoisotopic (exact) mass is 328 g/mol. The topological polar surface area (TPSA) is 47.3 Å². The molecule has 1 aromatic heterocycles. The van der Waals surface area contributed by atoms with Crippen LogP contribution in [0.5, 0.6) is 0 Å². The highest BCUT2D eigenvalue weighted by Gasteiger charge is 2.11. The molecule has 19 heavy (non-hydrogen) atoms. The van der Waals surface area contributed by atoms with E-state index in [1.165, 1.54) is 12.1 Å². The number of aromatic nitrogens is 1. The van der Waals surface area contributed by atoms with Crippen LogP contribution in [-0.4, -0.2) is 25.2 Å². The highest BCUT2D eigenvalue weighted by molar-refractivity contribution is 9.10. The van der Waals surface area contributed by atoms with Gasteiger partial charge in [-0.3, -0.25) is 0 Å². The summed E-state index contributed by atoms with van der Waals surface area (Å²) < 4.78 is 24.2. The second kappa shape index (κ2) is 6.79. The Morgan fingerprint density at radius 2 is 2.32 bits per heavy atom. The molecule has 0 aliphatic heterocycles. The largest absolute Gasteiger partial charge is 0.444 e. The highest BCUT2D eigenvalue weighted by Crippen LogP contribution is 2.28. The zero-order valence-electron chi connectivity index (χ0n) is 10.5. The summed E-state index contributed by atoms with van der Waals surface area (Å²) >= 11 is 3.35. The van der Waals surface area contributed by atoms with Crippen LogP contribution in [0.1, 0.15) is 5.69 Å². The minimum Gasteiger partial charge on any atom is -0.444 e.